The van der Waals surface area contributed by atoms with Crippen molar-refractivity contribution in [2.24, 2.45) is 0 Å². The molecule has 0 aliphatic heterocycles. The van der Waals surface area contributed by atoms with Gasteiger partial charge in [0.1, 0.15) is 0 Å². The minimum Gasteiger partial charge on any atom is -0.0683 e. The summed E-state index contributed by atoms with van der Waals surface area (Å²) in [4.78, 5) is 0. The van der Waals surface area contributed by atoms with E-state index in [-0.39, 0.29) is 0 Å². The van der Waals surface area contributed by atoms with Gasteiger partial charge in [-0.15, -0.1) is 0 Å². The Morgan fingerprint density at radius 2 is 0.475 bits per heavy atom. The van der Waals surface area contributed by atoms with Crippen LogP contribution in [0.3, 0.4) is 0 Å². The molecule has 0 spiro atoms. The summed E-state index contributed by atoms with van der Waals surface area (Å²) < 4.78 is 0. The van der Waals surface area contributed by atoms with Crippen LogP contribution in [0.5, 0.6) is 0 Å². The van der Waals surface area contributed by atoms with Crippen molar-refractivity contribution in [2.45, 2.75) is 13.8 Å². The number of hydrogen-bond acceptors (Lipinski definition) is 0. The Kier molecular flexibility index (Phi) is 10.2. The molecule has 0 radical (unpaired) electrons. The fraction of sp³-hybridized carbons (Fsp3) is 0.0500. The molecule has 0 amide bonds. The van der Waals surface area contributed by atoms with E-state index in [4.69, 9.17) is 0 Å². The molecule has 0 saturated carbocycles. The van der Waals surface area contributed by atoms with Crippen molar-refractivity contribution in [3.05, 3.63) is 178 Å². The average Bonchev–Trinajstić information content (AvgIpc) is 3.04. The first kappa shape index (κ1) is 27.4. The Labute approximate surface area is 238 Å². The fourth-order valence-corrected chi connectivity index (χ4v) is 3.66. The van der Waals surface area contributed by atoms with Crippen LogP contribution in [0.2, 0.25) is 0 Å². The van der Waals surface area contributed by atoms with Gasteiger partial charge in [0.15, 0.2) is 0 Å². The highest BCUT2D eigenvalue weighted by molar-refractivity contribution is 5.64. The summed E-state index contributed by atoms with van der Waals surface area (Å²) in [5.41, 5.74) is 7.05. The monoisotopic (exact) mass is 508 g/mol. The maximum Gasteiger partial charge on any atom is 0.0419 e. The molecular formula is C40H28. The summed E-state index contributed by atoms with van der Waals surface area (Å²) >= 11 is 0. The lowest BCUT2D eigenvalue weighted by Gasteiger charge is -2.03. The molecule has 0 N–H and O–H groups in total. The largest absolute Gasteiger partial charge is 0.0683 e. The van der Waals surface area contributed by atoms with Crippen molar-refractivity contribution in [3.63, 3.8) is 0 Å². The molecule has 0 heteroatoms. The highest BCUT2D eigenvalue weighted by Crippen LogP contribution is 2.17. The first-order valence-corrected chi connectivity index (χ1v) is 13.3. The quantitative estimate of drug-likeness (QED) is 0.185. The molecule has 5 aromatic carbocycles. The standard InChI is InChI=1S/C38H22.C2H6/c1-5-13-31(14-6-1)21-25-35-29-37(27-23-33-17-9-3-10-18-33)38(28-24-34-19-11-4-12-20-34)30-36(35)26-22-32-15-7-2-8-16-32;1-2/h1-20,29-30H;1-2H3. The van der Waals surface area contributed by atoms with Gasteiger partial charge in [-0.1, -0.05) is 134 Å². The zero-order chi connectivity index (χ0) is 27.8. The van der Waals surface area contributed by atoms with E-state index < -0.39 is 0 Å². The molecule has 0 aliphatic rings. The number of hydrogen-bond donors (Lipinski definition) is 0. The number of rotatable bonds is 0. The molecule has 0 unspecified atom stereocenters. The Bertz CT molecular complexity index is 1510. The summed E-state index contributed by atoms with van der Waals surface area (Å²) in [6.45, 7) is 4.00. The minimum absolute atomic E-state index is 0.819. The van der Waals surface area contributed by atoms with Crippen LogP contribution in [0.15, 0.2) is 133 Å². The maximum atomic E-state index is 3.34. The van der Waals surface area contributed by atoms with Gasteiger partial charge in [-0.25, -0.2) is 0 Å². The molecule has 0 fully saturated rings. The van der Waals surface area contributed by atoms with Crippen molar-refractivity contribution < 1.29 is 0 Å². The van der Waals surface area contributed by atoms with Crippen LogP contribution in [0.4, 0.5) is 0 Å². The van der Waals surface area contributed by atoms with Crippen LogP contribution >= 0.6 is 0 Å². The van der Waals surface area contributed by atoms with E-state index in [0.717, 1.165) is 44.5 Å². The van der Waals surface area contributed by atoms with Gasteiger partial charge in [0.2, 0.25) is 0 Å². The van der Waals surface area contributed by atoms with Gasteiger partial charge in [0.05, 0.1) is 0 Å². The summed E-state index contributed by atoms with van der Waals surface area (Å²) in [5.74, 6) is 26.5. The Morgan fingerprint density at radius 3 is 0.675 bits per heavy atom. The lowest BCUT2D eigenvalue weighted by molar-refractivity contribution is 1.50. The molecule has 5 aromatic rings. The van der Waals surface area contributed by atoms with E-state index in [1.54, 1.807) is 0 Å². The van der Waals surface area contributed by atoms with Gasteiger partial charge >= 0.3 is 0 Å². The highest BCUT2D eigenvalue weighted by Gasteiger charge is 2.06. The zero-order valence-electron chi connectivity index (χ0n) is 22.7. The fourth-order valence-electron chi connectivity index (χ4n) is 3.66. The molecule has 188 valence electrons. The van der Waals surface area contributed by atoms with Gasteiger partial charge in [-0.05, 0) is 60.7 Å². The molecule has 0 nitrogen and oxygen atoms in total. The Morgan fingerprint density at radius 1 is 0.275 bits per heavy atom. The Balaban J connectivity index is 0.00000181. The molecule has 40 heavy (non-hydrogen) atoms. The molecule has 0 heterocycles. The van der Waals surface area contributed by atoms with Crippen LogP contribution in [0, 0.1) is 47.4 Å². The summed E-state index contributed by atoms with van der Waals surface area (Å²) in [6, 6.07) is 43.8. The normalized spacial score (nSPS) is 8.95. The van der Waals surface area contributed by atoms with Crippen molar-refractivity contribution in [3.8, 4) is 47.4 Å². The molecule has 5 rings (SSSR count). The highest BCUT2D eigenvalue weighted by atomic mass is 14.1. The summed E-state index contributed by atoms with van der Waals surface area (Å²) in [6.07, 6.45) is 0. The molecule has 0 atom stereocenters. The zero-order valence-corrected chi connectivity index (χ0v) is 22.7. The first-order chi connectivity index (χ1) is 19.8. The lowest BCUT2D eigenvalue weighted by Crippen LogP contribution is -1.93. The number of benzene rings is 5. The minimum atomic E-state index is 0.819. The summed E-state index contributed by atoms with van der Waals surface area (Å²) in [5, 5.41) is 0. The van der Waals surface area contributed by atoms with E-state index in [0.29, 0.717) is 0 Å². The van der Waals surface area contributed by atoms with Crippen molar-refractivity contribution in [1.82, 2.24) is 0 Å². The third-order valence-corrected chi connectivity index (χ3v) is 5.62. The molecule has 0 aromatic heterocycles. The average molecular weight is 509 g/mol. The first-order valence-electron chi connectivity index (χ1n) is 13.3. The molecule has 0 aliphatic carbocycles. The smallest absolute Gasteiger partial charge is 0.0419 e. The van der Waals surface area contributed by atoms with Crippen LogP contribution in [0.1, 0.15) is 58.4 Å². The molecule has 0 bridgehead atoms. The van der Waals surface area contributed by atoms with Gasteiger partial charge in [0, 0.05) is 44.5 Å². The van der Waals surface area contributed by atoms with Gasteiger partial charge in [0.25, 0.3) is 0 Å². The van der Waals surface area contributed by atoms with Crippen molar-refractivity contribution >= 4 is 0 Å². The third-order valence-electron chi connectivity index (χ3n) is 5.62. The summed E-state index contributed by atoms with van der Waals surface area (Å²) in [7, 11) is 0. The van der Waals surface area contributed by atoms with Gasteiger partial charge in [-0.2, -0.15) is 0 Å². The third kappa shape index (κ3) is 8.17. The van der Waals surface area contributed by atoms with E-state index in [9.17, 15) is 0 Å². The van der Waals surface area contributed by atoms with Gasteiger partial charge < -0.3 is 0 Å². The second kappa shape index (κ2) is 14.9. The molecular weight excluding hydrogens is 480 g/mol. The lowest BCUT2D eigenvalue weighted by atomic mass is 9.97. The SMILES string of the molecule is C(#Cc1cc(C#Cc2ccccc2)c(C#Cc2ccccc2)cc1C#Cc1ccccc1)c1ccccc1.CC. The van der Waals surface area contributed by atoms with Crippen LogP contribution < -0.4 is 0 Å². The topological polar surface area (TPSA) is 0 Å². The predicted molar refractivity (Wildman–Crippen MR) is 167 cm³/mol. The van der Waals surface area contributed by atoms with Crippen LogP contribution in [-0.2, 0) is 0 Å². The van der Waals surface area contributed by atoms with Crippen molar-refractivity contribution in [1.29, 1.82) is 0 Å². The van der Waals surface area contributed by atoms with Crippen molar-refractivity contribution in [2.75, 3.05) is 0 Å². The van der Waals surface area contributed by atoms with Gasteiger partial charge in [-0.3, -0.25) is 0 Å². The van der Waals surface area contributed by atoms with Crippen LogP contribution in [0.25, 0.3) is 0 Å². The Hall–Kier alpha value is -5.66. The second-order valence-electron chi connectivity index (χ2n) is 8.41. The van der Waals surface area contributed by atoms with E-state index in [2.05, 4.69) is 47.4 Å². The van der Waals surface area contributed by atoms with E-state index in [1.165, 1.54) is 0 Å². The second-order valence-corrected chi connectivity index (χ2v) is 8.41. The van der Waals surface area contributed by atoms with Crippen LogP contribution in [-0.4, -0.2) is 0 Å². The molecule has 0 saturated heterocycles. The maximum absolute atomic E-state index is 3.34. The van der Waals surface area contributed by atoms with E-state index >= 15 is 0 Å². The van der Waals surface area contributed by atoms with E-state index in [1.807, 2.05) is 147 Å². The predicted octanol–water partition coefficient (Wildman–Crippen LogP) is 8.31.